The Balaban J connectivity index is 2.13. The maximum absolute atomic E-state index is 5.15. The number of hydrogen-bond acceptors (Lipinski definition) is 4. The van der Waals surface area contributed by atoms with Gasteiger partial charge in [-0.25, -0.2) is 5.01 Å². The summed E-state index contributed by atoms with van der Waals surface area (Å²) < 4.78 is 0. The van der Waals surface area contributed by atoms with Crippen molar-refractivity contribution >= 4 is 34.7 Å². The van der Waals surface area contributed by atoms with Crippen molar-refractivity contribution in [1.29, 1.82) is 0 Å². The van der Waals surface area contributed by atoms with E-state index in [0.29, 0.717) is 16.8 Å². The topological polar surface area (TPSA) is 54.6 Å². The van der Waals surface area contributed by atoms with Crippen LogP contribution in [0.1, 0.15) is 0 Å². The molecule has 0 spiro atoms. The Kier molecular flexibility index (Phi) is 6.88. The first-order valence-electron chi connectivity index (χ1n) is 5.76. The zero-order chi connectivity index (χ0) is 13.4. The van der Waals surface area contributed by atoms with Crippen molar-refractivity contribution in [2.75, 3.05) is 39.8 Å². The Morgan fingerprint density at radius 3 is 2.39 bits per heavy atom. The monoisotopic (exact) mass is 288 g/mol. The average Bonchev–Trinajstić information content (AvgIpc) is 2.36. The highest BCUT2D eigenvalue weighted by molar-refractivity contribution is 7.80. The molecule has 1 heterocycles. The molecule has 1 aliphatic heterocycles. The predicted molar refractivity (Wildman–Crippen MR) is 81.9 cm³/mol. The average molecular weight is 288 g/mol. The van der Waals surface area contributed by atoms with Gasteiger partial charge in [0.05, 0.1) is 0 Å². The van der Waals surface area contributed by atoms with E-state index in [1.54, 1.807) is 6.08 Å². The van der Waals surface area contributed by atoms with Gasteiger partial charge in [-0.05, 0) is 31.5 Å². The lowest BCUT2D eigenvalue weighted by Gasteiger charge is -2.33. The van der Waals surface area contributed by atoms with Gasteiger partial charge in [0.15, 0.2) is 10.2 Å². The first kappa shape index (κ1) is 15.1. The van der Waals surface area contributed by atoms with Crippen molar-refractivity contribution in [3.05, 3.63) is 12.7 Å². The molecule has 4 N–H and O–H groups in total. The fourth-order valence-corrected chi connectivity index (χ4v) is 1.73. The molecular weight excluding hydrogens is 268 g/mol. The van der Waals surface area contributed by atoms with Crippen LogP contribution in [-0.4, -0.2) is 59.9 Å². The van der Waals surface area contributed by atoms with E-state index in [0.717, 1.165) is 26.2 Å². The van der Waals surface area contributed by atoms with E-state index in [9.17, 15) is 0 Å². The number of piperazine rings is 1. The lowest BCUT2D eigenvalue weighted by Crippen LogP contribution is -2.58. The third kappa shape index (κ3) is 6.10. The summed E-state index contributed by atoms with van der Waals surface area (Å²) in [6.45, 7) is 8.15. The second-order valence-electron chi connectivity index (χ2n) is 3.98. The number of rotatable bonds is 3. The zero-order valence-electron chi connectivity index (χ0n) is 10.5. The van der Waals surface area contributed by atoms with Crippen LogP contribution in [0.2, 0.25) is 0 Å². The van der Waals surface area contributed by atoms with Crippen LogP contribution in [0.25, 0.3) is 0 Å². The molecule has 0 aromatic rings. The maximum Gasteiger partial charge on any atom is 0.199 e. The van der Waals surface area contributed by atoms with Crippen LogP contribution in [0.15, 0.2) is 12.7 Å². The number of nitrogens with one attached hydrogen (secondary N) is 4. The van der Waals surface area contributed by atoms with Gasteiger partial charge in [-0.15, -0.1) is 6.58 Å². The maximum atomic E-state index is 5.15. The molecule has 1 saturated heterocycles. The summed E-state index contributed by atoms with van der Waals surface area (Å²) in [5.41, 5.74) is 8.73. The summed E-state index contributed by atoms with van der Waals surface area (Å²) in [4.78, 5) is 2.28. The number of nitrogens with zero attached hydrogens (tertiary/aromatic N) is 2. The standard InChI is InChI=1S/C10H20N6S2/c1-3-4-11-9(17)12-13-10(18)14-16-7-5-15(2)6-8-16/h3H,1,4-8H2,2H3,(H2,11,12,17)(H2,13,14,18). The van der Waals surface area contributed by atoms with Crippen molar-refractivity contribution in [2.24, 2.45) is 0 Å². The van der Waals surface area contributed by atoms with Crippen molar-refractivity contribution in [3.63, 3.8) is 0 Å². The van der Waals surface area contributed by atoms with E-state index in [-0.39, 0.29) is 0 Å². The van der Waals surface area contributed by atoms with Gasteiger partial charge in [0.2, 0.25) is 0 Å². The fourth-order valence-electron chi connectivity index (χ4n) is 1.41. The van der Waals surface area contributed by atoms with E-state index in [4.69, 9.17) is 24.4 Å². The van der Waals surface area contributed by atoms with Gasteiger partial charge >= 0.3 is 0 Å². The SMILES string of the molecule is C=CCNC(=S)NNC(=S)NN1CCN(C)CC1. The van der Waals surface area contributed by atoms with Crippen LogP contribution < -0.4 is 21.6 Å². The van der Waals surface area contributed by atoms with Crippen LogP contribution in [0.3, 0.4) is 0 Å². The molecule has 0 amide bonds. The molecule has 8 heteroatoms. The summed E-state index contributed by atoms with van der Waals surface area (Å²) in [6.07, 6.45) is 1.73. The highest BCUT2D eigenvalue weighted by Crippen LogP contribution is 1.94. The normalized spacial score (nSPS) is 16.7. The Labute approximate surface area is 119 Å². The Bertz CT molecular complexity index is 301. The van der Waals surface area contributed by atoms with Crippen LogP contribution in [0.5, 0.6) is 0 Å². The van der Waals surface area contributed by atoms with E-state index >= 15 is 0 Å². The number of likely N-dealkylation sites (N-methyl/N-ethyl adjacent to an activating group) is 1. The van der Waals surface area contributed by atoms with Crippen molar-refractivity contribution in [1.82, 2.24) is 31.5 Å². The molecule has 0 radical (unpaired) electrons. The molecule has 0 bridgehead atoms. The molecule has 0 atom stereocenters. The molecule has 0 aromatic heterocycles. The largest absolute Gasteiger partial charge is 0.358 e. The van der Waals surface area contributed by atoms with Gasteiger partial charge in [0.25, 0.3) is 0 Å². The molecule has 1 aliphatic rings. The summed E-state index contributed by atoms with van der Waals surface area (Å²) in [7, 11) is 2.11. The second kappa shape index (κ2) is 8.20. The van der Waals surface area contributed by atoms with E-state index in [1.165, 1.54) is 0 Å². The molecule has 102 valence electrons. The fraction of sp³-hybridized carbons (Fsp3) is 0.600. The molecule has 0 aromatic carbocycles. The minimum absolute atomic E-state index is 0.484. The van der Waals surface area contributed by atoms with Gasteiger partial charge in [0, 0.05) is 32.7 Å². The molecule has 1 rings (SSSR count). The summed E-state index contributed by atoms with van der Waals surface area (Å²) in [6, 6.07) is 0. The third-order valence-corrected chi connectivity index (χ3v) is 2.90. The highest BCUT2D eigenvalue weighted by atomic mass is 32.1. The predicted octanol–water partition coefficient (Wildman–Crippen LogP) is -0.822. The lowest BCUT2D eigenvalue weighted by molar-refractivity contribution is 0.130. The molecular formula is C10H20N6S2. The minimum Gasteiger partial charge on any atom is -0.358 e. The van der Waals surface area contributed by atoms with Crippen LogP contribution in [0.4, 0.5) is 0 Å². The number of thiocarbonyl (C=S) groups is 2. The number of hydrogen-bond donors (Lipinski definition) is 4. The number of hydrazine groups is 2. The Hall–Kier alpha value is -0.960. The highest BCUT2D eigenvalue weighted by Gasteiger charge is 2.13. The molecule has 0 unspecified atom stereocenters. The second-order valence-corrected chi connectivity index (χ2v) is 4.80. The summed E-state index contributed by atoms with van der Waals surface area (Å²) in [5, 5.41) is 6.00. The zero-order valence-corrected chi connectivity index (χ0v) is 12.2. The van der Waals surface area contributed by atoms with E-state index in [2.05, 4.69) is 45.1 Å². The summed E-state index contributed by atoms with van der Waals surface area (Å²) in [5.74, 6) is 0. The Morgan fingerprint density at radius 2 is 1.78 bits per heavy atom. The minimum atomic E-state index is 0.484. The summed E-state index contributed by atoms with van der Waals surface area (Å²) >= 11 is 10.2. The first-order chi connectivity index (χ1) is 8.61. The molecule has 0 aliphatic carbocycles. The van der Waals surface area contributed by atoms with Crippen LogP contribution >= 0.6 is 24.4 Å². The lowest BCUT2D eigenvalue weighted by atomic mass is 10.4. The molecule has 0 saturated carbocycles. The van der Waals surface area contributed by atoms with Crippen LogP contribution in [0, 0.1) is 0 Å². The van der Waals surface area contributed by atoms with Crippen molar-refractivity contribution in [3.8, 4) is 0 Å². The van der Waals surface area contributed by atoms with Crippen molar-refractivity contribution in [2.45, 2.75) is 0 Å². The van der Waals surface area contributed by atoms with Gasteiger partial charge in [-0.3, -0.25) is 16.3 Å². The van der Waals surface area contributed by atoms with E-state index < -0.39 is 0 Å². The third-order valence-electron chi connectivity index (χ3n) is 2.46. The Morgan fingerprint density at radius 1 is 1.17 bits per heavy atom. The van der Waals surface area contributed by atoms with Gasteiger partial charge in [0.1, 0.15) is 0 Å². The molecule has 1 fully saturated rings. The van der Waals surface area contributed by atoms with Crippen molar-refractivity contribution < 1.29 is 0 Å². The molecule has 6 nitrogen and oxygen atoms in total. The molecule has 18 heavy (non-hydrogen) atoms. The van der Waals surface area contributed by atoms with Crippen LogP contribution in [-0.2, 0) is 0 Å². The van der Waals surface area contributed by atoms with Gasteiger partial charge in [-0.1, -0.05) is 6.08 Å². The first-order valence-corrected chi connectivity index (χ1v) is 6.58. The quantitative estimate of drug-likeness (QED) is 0.305. The van der Waals surface area contributed by atoms with E-state index in [1.807, 2.05) is 0 Å². The van der Waals surface area contributed by atoms with Gasteiger partial charge in [-0.2, -0.15) is 0 Å². The van der Waals surface area contributed by atoms with Gasteiger partial charge < -0.3 is 10.2 Å². The smallest absolute Gasteiger partial charge is 0.199 e.